The molecule has 35 heavy (non-hydrogen) atoms. The van der Waals surface area contributed by atoms with E-state index in [1.54, 1.807) is 12.1 Å². The van der Waals surface area contributed by atoms with Crippen LogP contribution in [-0.4, -0.2) is 33.1 Å². The normalized spacial score (nSPS) is 13.3. The number of ether oxygens (including phenoxy) is 1. The second-order valence-electron chi connectivity index (χ2n) is 7.24. The van der Waals surface area contributed by atoms with E-state index in [9.17, 15) is 13.9 Å². The lowest BCUT2D eigenvalue weighted by molar-refractivity contribution is -0.208. The van der Waals surface area contributed by atoms with E-state index >= 15 is 8.78 Å². The molecule has 1 atom stereocenters. The average molecular weight is 489 g/mol. The van der Waals surface area contributed by atoms with Gasteiger partial charge in [-0.3, -0.25) is 9.97 Å². The summed E-state index contributed by atoms with van der Waals surface area (Å²) in [4.78, 5) is 7.69. The minimum Gasteiger partial charge on any atom is -0.486 e. The summed E-state index contributed by atoms with van der Waals surface area (Å²) in [6.45, 7) is -1.16. The smallest absolute Gasteiger partial charge is 0.323 e. The highest BCUT2D eigenvalue weighted by Crippen LogP contribution is 2.46. The molecule has 0 amide bonds. The largest absolute Gasteiger partial charge is 0.486 e. The van der Waals surface area contributed by atoms with Crippen LogP contribution < -0.4 is 16.3 Å². The van der Waals surface area contributed by atoms with Crippen molar-refractivity contribution in [1.82, 2.24) is 15.1 Å². The van der Waals surface area contributed by atoms with E-state index in [4.69, 9.17) is 21.6 Å². The molecule has 182 valence electrons. The van der Waals surface area contributed by atoms with Gasteiger partial charge in [0.1, 0.15) is 42.1 Å². The fourth-order valence-corrected chi connectivity index (χ4v) is 3.14. The maximum atomic E-state index is 15.6. The molecule has 1 unspecified atom stereocenters. The van der Waals surface area contributed by atoms with Crippen molar-refractivity contribution < 1.29 is 27.4 Å². The van der Waals surface area contributed by atoms with Gasteiger partial charge in [-0.15, -0.1) is 0 Å². The summed E-state index contributed by atoms with van der Waals surface area (Å²) in [5.41, 5.74) is 0.742. The first-order chi connectivity index (χ1) is 16.6. The molecule has 5 N–H and O–H groups in total. The first-order valence-electron chi connectivity index (χ1n) is 9.87. The Kier molecular flexibility index (Phi) is 7.48. The fourth-order valence-electron chi connectivity index (χ4n) is 3.14. The second kappa shape index (κ2) is 10.3. The van der Waals surface area contributed by atoms with Crippen molar-refractivity contribution >= 4 is 6.34 Å². The number of hydrazine groups is 1. The van der Waals surface area contributed by atoms with Gasteiger partial charge >= 0.3 is 5.92 Å². The van der Waals surface area contributed by atoms with Crippen LogP contribution in [0.1, 0.15) is 22.5 Å². The molecule has 0 aliphatic rings. The maximum Gasteiger partial charge on any atom is 0.323 e. The van der Waals surface area contributed by atoms with Crippen molar-refractivity contribution in [1.29, 1.82) is 5.26 Å². The third kappa shape index (κ3) is 5.45. The van der Waals surface area contributed by atoms with Crippen LogP contribution in [0.3, 0.4) is 0 Å². The van der Waals surface area contributed by atoms with Crippen LogP contribution in [0, 0.1) is 23.0 Å². The molecule has 0 saturated carbocycles. The van der Waals surface area contributed by atoms with Gasteiger partial charge in [-0.25, -0.2) is 19.7 Å². The number of aliphatic hydroxyl groups is 1. The van der Waals surface area contributed by atoms with Crippen molar-refractivity contribution in [2.24, 2.45) is 16.7 Å². The van der Waals surface area contributed by atoms with E-state index in [1.807, 2.05) is 6.07 Å². The minimum absolute atomic E-state index is 0.0346. The van der Waals surface area contributed by atoms with Crippen molar-refractivity contribution in [2.45, 2.75) is 18.1 Å². The summed E-state index contributed by atoms with van der Waals surface area (Å²) in [5, 5.41) is 23.6. The van der Waals surface area contributed by atoms with E-state index < -0.39 is 41.0 Å². The van der Waals surface area contributed by atoms with Gasteiger partial charge in [0.15, 0.2) is 5.60 Å². The molecular weight excluding hydrogens is 470 g/mol. The molecule has 0 spiro atoms. The van der Waals surface area contributed by atoms with Crippen LogP contribution in [0.2, 0.25) is 0 Å². The minimum atomic E-state index is -4.24. The van der Waals surface area contributed by atoms with Gasteiger partial charge < -0.3 is 15.6 Å². The molecule has 9 nitrogen and oxygen atoms in total. The Labute approximate surface area is 196 Å². The number of rotatable bonds is 9. The Morgan fingerprint density at radius 1 is 1.14 bits per heavy atom. The summed E-state index contributed by atoms with van der Waals surface area (Å²) in [6, 6.07) is 8.82. The number of benzene rings is 1. The first kappa shape index (κ1) is 25.3. The van der Waals surface area contributed by atoms with Gasteiger partial charge in [0.25, 0.3) is 0 Å². The SMILES string of the molecule is N#Cc1ccc(COc2ccc(C(F)(F)C(O)(CN(N)/N=C\N)c3ccc(F)cc3F)nc2)nc1. The predicted octanol–water partition coefficient (Wildman–Crippen LogP) is 2.26. The molecular formula is C22H19F4N7O2. The number of hydrogen-bond acceptors (Lipinski definition) is 8. The van der Waals surface area contributed by atoms with Gasteiger partial charge in [0.05, 0.1) is 24.0 Å². The molecule has 2 aromatic heterocycles. The van der Waals surface area contributed by atoms with Gasteiger partial charge in [-0.05, 0) is 36.4 Å². The van der Waals surface area contributed by atoms with E-state index in [1.165, 1.54) is 12.3 Å². The van der Waals surface area contributed by atoms with Crippen molar-refractivity contribution in [3.63, 3.8) is 0 Å². The van der Waals surface area contributed by atoms with E-state index in [-0.39, 0.29) is 12.4 Å². The van der Waals surface area contributed by atoms with Crippen LogP contribution in [0.5, 0.6) is 5.75 Å². The topological polar surface area (TPSA) is 147 Å². The third-order valence-corrected chi connectivity index (χ3v) is 4.90. The fraction of sp³-hybridized carbons (Fsp3) is 0.182. The third-order valence-electron chi connectivity index (χ3n) is 4.90. The standard InChI is InChI=1S/C22H19F4N7O2/c23-15-2-5-18(19(24)7-15)21(34,12-33(29)32-13-28)22(25,26)20-6-4-17(10-31-20)35-11-16-3-1-14(8-27)9-30-16/h1-7,9-10,13,34H,11-12,29H2,(H2,28,32). The molecule has 0 bridgehead atoms. The maximum absolute atomic E-state index is 15.6. The Morgan fingerprint density at radius 3 is 2.49 bits per heavy atom. The van der Waals surface area contributed by atoms with Crippen LogP contribution in [-0.2, 0) is 18.1 Å². The summed E-state index contributed by atoms with van der Waals surface area (Å²) in [5.74, 6) is -1.09. The number of halogens is 4. The lowest BCUT2D eigenvalue weighted by Crippen LogP contribution is -2.53. The monoisotopic (exact) mass is 489 g/mol. The Morgan fingerprint density at radius 2 is 1.91 bits per heavy atom. The Bertz CT molecular complexity index is 1230. The predicted molar refractivity (Wildman–Crippen MR) is 115 cm³/mol. The van der Waals surface area contributed by atoms with Gasteiger partial charge in [-0.1, -0.05) is 0 Å². The average Bonchev–Trinajstić information content (AvgIpc) is 2.83. The van der Waals surface area contributed by atoms with Crippen LogP contribution in [0.15, 0.2) is 60.0 Å². The number of nitrogens with zero attached hydrogens (tertiary/aromatic N) is 5. The molecule has 3 rings (SSSR count). The zero-order chi connectivity index (χ0) is 25.6. The van der Waals surface area contributed by atoms with Crippen molar-refractivity contribution in [3.05, 3.63) is 89.0 Å². The number of hydrogen-bond donors (Lipinski definition) is 3. The molecule has 0 aliphatic heterocycles. The number of hydrazone groups is 1. The molecule has 2 heterocycles. The quantitative estimate of drug-likeness (QED) is 0.136. The number of nitriles is 1. The zero-order valence-electron chi connectivity index (χ0n) is 17.9. The molecule has 0 radical (unpaired) electrons. The van der Waals surface area contributed by atoms with Crippen molar-refractivity contribution in [2.75, 3.05) is 6.54 Å². The van der Waals surface area contributed by atoms with Crippen LogP contribution in [0.25, 0.3) is 0 Å². The Balaban J connectivity index is 1.89. The van der Waals surface area contributed by atoms with E-state index in [0.29, 0.717) is 40.9 Å². The van der Waals surface area contributed by atoms with Crippen LogP contribution in [0.4, 0.5) is 17.6 Å². The highest BCUT2D eigenvalue weighted by Gasteiger charge is 2.58. The van der Waals surface area contributed by atoms with Gasteiger partial charge in [-0.2, -0.15) is 19.1 Å². The summed E-state index contributed by atoms with van der Waals surface area (Å²) in [6.07, 6.45) is 3.02. The molecule has 3 aromatic rings. The highest BCUT2D eigenvalue weighted by atomic mass is 19.3. The summed E-state index contributed by atoms with van der Waals surface area (Å²) >= 11 is 0. The molecule has 0 saturated heterocycles. The first-order valence-corrected chi connectivity index (χ1v) is 9.87. The van der Waals surface area contributed by atoms with Gasteiger partial charge in [0.2, 0.25) is 0 Å². The lowest BCUT2D eigenvalue weighted by Gasteiger charge is -2.37. The number of aromatic nitrogens is 2. The van der Waals surface area contributed by atoms with E-state index in [2.05, 4.69) is 15.1 Å². The van der Waals surface area contributed by atoms with Crippen LogP contribution >= 0.6 is 0 Å². The lowest BCUT2D eigenvalue weighted by atomic mass is 9.84. The Hall–Kier alpha value is -4.28. The highest BCUT2D eigenvalue weighted by molar-refractivity contribution is 5.50. The van der Waals surface area contributed by atoms with Gasteiger partial charge in [0, 0.05) is 17.8 Å². The summed E-state index contributed by atoms with van der Waals surface area (Å²) < 4.78 is 64.5. The number of nitrogens with two attached hydrogens (primary N) is 2. The molecule has 1 aromatic carbocycles. The second-order valence-corrected chi connectivity index (χ2v) is 7.24. The molecule has 0 aliphatic carbocycles. The van der Waals surface area contributed by atoms with E-state index in [0.717, 1.165) is 12.3 Å². The molecule has 0 fully saturated rings. The summed E-state index contributed by atoms with van der Waals surface area (Å²) in [7, 11) is 0. The number of pyridine rings is 2. The molecule has 13 heteroatoms. The zero-order valence-corrected chi connectivity index (χ0v) is 17.9. The number of alkyl halides is 2. The van der Waals surface area contributed by atoms with Crippen molar-refractivity contribution in [3.8, 4) is 11.8 Å².